The van der Waals surface area contributed by atoms with E-state index in [4.69, 9.17) is 5.73 Å². The van der Waals surface area contributed by atoms with Gasteiger partial charge in [0.25, 0.3) is 5.91 Å². The van der Waals surface area contributed by atoms with Crippen molar-refractivity contribution in [3.63, 3.8) is 0 Å². The Balaban J connectivity index is 1.32. The van der Waals surface area contributed by atoms with Crippen molar-refractivity contribution in [2.75, 3.05) is 39.3 Å². The summed E-state index contributed by atoms with van der Waals surface area (Å²) in [6.07, 6.45) is 5.01. The van der Waals surface area contributed by atoms with Crippen LogP contribution in [-0.2, 0) is 11.2 Å². The molecule has 0 unspecified atom stereocenters. The number of nitrogens with zero attached hydrogens (tertiary/aromatic N) is 2. The monoisotopic (exact) mass is 383 g/mol. The van der Waals surface area contributed by atoms with Gasteiger partial charge in [-0.1, -0.05) is 0 Å². The Morgan fingerprint density at radius 3 is 2.57 bits per heavy atom. The van der Waals surface area contributed by atoms with Crippen LogP contribution in [0.5, 0.6) is 0 Å². The number of piperidine rings is 1. The third kappa shape index (κ3) is 4.05. The lowest BCUT2D eigenvalue weighted by Gasteiger charge is -2.40. The van der Waals surface area contributed by atoms with Crippen molar-refractivity contribution in [1.29, 1.82) is 0 Å². The van der Waals surface area contributed by atoms with Crippen LogP contribution in [0.4, 0.5) is 0 Å². The van der Waals surface area contributed by atoms with Gasteiger partial charge in [0, 0.05) is 63.3 Å². The summed E-state index contributed by atoms with van der Waals surface area (Å²) >= 11 is 0. The van der Waals surface area contributed by atoms with Crippen LogP contribution < -0.4 is 11.1 Å². The first-order chi connectivity index (χ1) is 13.6. The van der Waals surface area contributed by atoms with Crippen LogP contribution in [0.15, 0.2) is 24.4 Å². The summed E-state index contributed by atoms with van der Waals surface area (Å²) in [5.74, 6) is -0.246. The summed E-state index contributed by atoms with van der Waals surface area (Å²) in [7, 11) is 0. The van der Waals surface area contributed by atoms with Gasteiger partial charge in [-0.3, -0.25) is 14.5 Å². The fraction of sp³-hybridized carbons (Fsp3) is 0.524. The summed E-state index contributed by atoms with van der Waals surface area (Å²) in [5, 5.41) is 4.35. The summed E-state index contributed by atoms with van der Waals surface area (Å²) in [6, 6.07) is 6.38. The van der Waals surface area contributed by atoms with Gasteiger partial charge >= 0.3 is 0 Å². The molecule has 28 heavy (non-hydrogen) atoms. The number of fused-ring (bicyclic) bond motifs is 1. The highest BCUT2D eigenvalue weighted by atomic mass is 16.2. The van der Waals surface area contributed by atoms with Gasteiger partial charge in [-0.15, -0.1) is 0 Å². The molecule has 2 fully saturated rings. The number of carbonyl (C=O) groups is 2. The number of rotatable bonds is 5. The first-order valence-electron chi connectivity index (χ1n) is 10.2. The molecule has 1 aromatic heterocycles. The summed E-state index contributed by atoms with van der Waals surface area (Å²) in [6.45, 7) is 6.05. The first kappa shape index (κ1) is 19.0. The second-order valence-electron chi connectivity index (χ2n) is 7.85. The van der Waals surface area contributed by atoms with Gasteiger partial charge in [-0.05, 0) is 43.0 Å². The predicted octanol–water partition coefficient (Wildman–Crippen LogP) is 1.10. The zero-order valence-corrected chi connectivity index (χ0v) is 16.2. The number of amides is 2. The number of aromatic nitrogens is 1. The molecule has 0 aliphatic carbocycles. The van der Waals surface area contributed by atoms with E-state index >= 15 is 0 Å². The highest BCUT2D eigenvalue weighted by Crippen LogP contribution is 2.22. The van der Waals surface area contributed by atoms with Crippen molar-refractivity contribution in [2.45, 2.75) is 31.7 Å². The minimum absolute atomic E-state index is 0.202. The number of nitrogens with one attached hydrogen (secondary N) is 2. The largest absolute Gasteiger partial charge is 0.366 e. The predicted molar refractivity (Wildman–Crippen MR) is 109 cm³/mol. The summed E-state index contributed by atoms with van der Waals surface area (Å²) in [5.41, 5.74) is 7.74. The van der Waals surface area contributed by atoms with Crippen molar-refractivity contribution in [3.8, 4) is 0 Å². The number of hydrogen-bond donors (Lipinski definition) is 3. The third-order valence-corrected chi connectivity index (χ3v) is 6.10. The molecular formula is C21H29N5O2. The molecule has 2 saturated heterocycles. The summed E-state index contributed by atoms with van der Waals surface area (Å²) < 4.78 is 0. The minimum atomic E-state index is -0.449. The SMILES string of the molecule is NC(=O)c1cc(CCC(=O)N2CCC(N3CCNCC3)CC2)cc2cc[nH]c12. The van der Waals surface area contributed by atoms with Gasteiger partial charge in [0.15, 0.2) is 0 Å². The van der Waals surface area contributed by atoms with Crippen molar-refractivity contribution >= 4 is 22.7 Å². The Labute approximate surface area is 165 Å². The lowest BCUT2D eigenvalue weighted by Crippen LogP contribution is -2.52. The molecule has 7 nitrogen and oxygen atoms in total. The van der Waals surface area contributed by atoms with Crippen molar-refractivity contribution in [3.05, 3.63) is 35.5 Å². The molecule has 3 heterocycles. The average molecular weight is 383 g/mol. The van der Waals surface area contributed by atoms with Crippen LogP contribution >= 0.6 is 0 Å². The molecule has 2 aliphatic heterocycles. The second-order valence-corrected chi connectivity index (χ2v) is 7.85. The zero-order valence-electron chi connectivity index (χ0n) is 16.2. The Morgan fingerprint density at radius 1 is 1.11 bits per heavy atom. The van der Waals surface area contributed by atoms with Crippen LogP contribution in [0.25, 0.3) is 10.9 Å². The molecule has 0 spiro atoms. The Hall–Kier alpha value is -2.38. The van der Waals surface area contributed by atoms with E-state index in [1.54, 1.807) is 6.20 Å². The highest BCUT2D eigenvalue weighted by molar-refractivity contribution is 6.05. The van der Waals surface area contributed by atoms with E-state index in [1.165, 1.54) is 0 Å². The number of H-pyrrole nitrogens is 1. The molecule has 1 aromatic carbocycles. The first-order valence-corrected chi connectivity index (χ1v) is 10.2. The standard InChI is InChI=1S/C21H29N5O2/c22-21(28)18-14-15(13-16-3-6-24-20(16)18)1-2-19(27)26-9-4-17(5-10-26)25-11-7-23-8-12-25/h3,6,13-14,17,23-24H,1-2,4-5,7-12H2,(H2,22,28). The third-order valence-electron chi connectivity index (χ3n) is 6.10. The molecule has 2 amide bonds. The van der Waals surface area contributed by atoms with E-state index in [2.05, 4.69) is 15.2 Å². The highest BCUT2D eigenvalue weighted by Gasteiger charge is 2.27. The maximum absolute atomic E-state index is 12.7. The number of benzene rings is 1. The van der Waals surface area contributed by atoms with Crippen LogP contribution in [0.3, 0.4) is 0 Å². The van der Waals surface area contributed by atoms with Gasteiger partial charge in [-0.25, -0.2) is 0 Å². The number of aryl methyl sites for hydroxylation is 1. The topological polar surface area (TPSA) is 94.5 Å². The molecule has 150 valence electrons. The van der Waals surface area contributed by atoms with E-state index in [0.717, 1.165) is 68.6 Å². The van der Waals surface area contributed by atoms with Gasteiger partial charge in [0.05, 0.1) is 11.1 Å². The Kier molecular flexibility index (Phi) is 5.64. The molecular weight excluding hydrogens is 354 g/mol. The quantitative estimate of drug-likeness (QED) is 0.721. The van der Waals surface area contributed by atoms with Gasteiger partial charge in [0.1, 0.15) is 0 Å². The van der Waals surface area contributed by atoms with Crippen LogP contribution in [0, 0.1) is 0 Å². The fourth-order valence-corrected chi connectivity index (χ4v) is 4.51. The maximum Gasteiger partial charge on any atom is 0.250 e. The smallest absolute Gasteiger partial charge is 0.250 e. The number of primary amides is 1. The Morgan fingerprint density at radius 2 is 1.86 bits per heavy atom. The summed E-state index contributed by atoms with van der Waals surface area (Å²) in [4.78, 5) is 32.1. The van der Waals surface area contributed by atoms with Gasteiger partial charge in [-0.2, -0.15) is 0 Å². The average Bonchev–Trinajstić information content (AvgIpc) is 3.20. The molecule has 4 rings (SSSR count). The van der Waals surface area contributed by atoms with E-state index in [0.29, 0.717) is 24.4 Å². The van der Waals surface area contributed by atoms with Crippen molar-refractivity contribution < 1.29 is 9.59 Å². The van der Waals surface area contributed by atoms with Crippen LogP contribution in [0.1, 0.15) is 35.2 Å². The molecule has 0 saturated carbocycles. The van der Waals surface area contributed by atoms with Gasteiger partial charge in [0.2, 0.25) is 5.91 Å². The van der Waals surface area contributed by atoms with Crippen molar-refractivity contribution in [2.24, 2.45) is 5.73 Å². The number of nitrogens with two attached hydrogens (primary N) is 1. The number of aromatic amines is 1. The molecule has 7 heteroatoms. The normalized spacial score (nSPS) is 19.2. The molecule has 2 aromatic rings. The number of carbonyl (C=O) groups excluding carboxylic acids is 2. The van der Waals surface area contributed by atoms with E-state index in [-0.39, 0.29) is 5.91 Å². The minimum Gasteiger partial charge on any atom is -0.366 e. The van der Waals surface area contributed by atoms with E-state index in [1.807, 2.05) is 23.1 Å². The number of hydrogen-bond acceptors (Lipinski definition) is 4. The van der Waals surface area contributed by atoms with Crippen LogP contribution in [-0.4, -0.2) is 71.9 Å². The lowest BCUT2D eigenvalue weighted by molar-refractivity contribution is -0.132. The molecule has 4 N–H and O–H groups in total. The van der Waals surface area contributed by atoms with Crippen LogP contribution in [0.2, 0.25) is 0 Å². The number of likely N-dealkylation sites (tertiary alicyclic amines) is 1. The Bertz CT molecular complexity index is 848. The molecule has 2 aliphatic rings. The zero-order chi connectivity index (χ0) is 19.5. The molecule has 0 radical (unpaired) electrons. The lowest BCUT2D eigenvalue weighted by atomic mass is 10.00. The molecule has 0 atom stereocenters. The van der Waals surface area contributed by atoms with E-state index in [9.17, 15) is 9.59 Å². The fourth-order valence-electron chi connectivity index (χ4n) is 4.51. The number of piperazine rings is 1. The second kappa shape index (κ2) is 8.32. The maximum atomic E-state index is 12.7. The van der Waals surface area contributed by atoms with Crippen molar-refractivity contribution in [1.82, 2.24) is 20.1 Å². The van der Waals surface area contributed by atoms with E-state index < -0.39 is 5.91 Å². The van der Waals surface area contributed by atoms with Gasteiger partial charge < -0.3 is 20.9 Å². The molecule has 0 bridgehead atoms.